The lowest BCUT2D eigenvalue weighted by molar-refractivity contribution is 0.313. The molecule has 0 aliphatic heterocycles. The third-order valence-corrected chi connectivity index (χ3v) is 1.94. The predicted molar refractivity (Wildman–Crippen MR) is 60.3 cm³/mol. The lowest BCUT2D eigenvalue weighted by atomic mass is 10.1. The van der Waals surface area contributed by atoms with Gasteiger partial charge in [-0.25, -0.2) is 0 Å². The molecular formula is C12H17NO. The van der Waals surface area contributed by atoms with E-state index in [2.05, 4.69) is 6.58 Å². The molecule has 2 N–H and O–H groups in total. The van der Waals surface area contributed by atoms with Gasteiger partial charge in [-0.15, -0.1) is 0 Å². The molecule has 0 aliphatic carbocycles. The van der Waals surface area contributed by atoms with Gasteiger partial charge in [0.05, 0.1) is 6.61 Å². The fourth-order valence-corrected chi connectivity index (χ4v) is 1.12. The van der Waals surface area contributed by atoms with Crippen LogP contribution < -0.4 is 10.5 Å². The zero-order chi connectivity index (χ0) is 10.4. The van der Waals surface area contributed by atoms with Crippen LogP contribution in [-0.2, 0) is 0 Å². The maximum atomic E-state index is 5.52. The first-order valence-corrected chi connectivity index (χ1v) is 4.83. The number of allylic oxidation sites excluding steroid dienone is 1. The van der Waals surface area contributed by atoms with Crippen LogP contribution >= 0.6 is 0 Å². The average molecular weight is 191 g/mol. The summed E-state index contributed by atoms with van der Waals surface area (Å²) >= 11 is 0. The Hall–Kier alpha value is -1.28. The summed E-state index contributed by atoms with van der Waals surface area (Å²) in [5.74, 6) is 0.888. The van der Waals surface area contributed by atoms with Crippen LogP contribution in [0.5, 0.6) is 5.75 Å². The standard InChI is InChI=1S/C12H17NO/c1-10(2)11-5-3-6-12(9-11)14-8-4-7-13/h3,5-6,9H,1,4,7-8,13H2,2H3. The van der Waals surface area contributed by atoms with Gasteiger partial charge in [-0.3, -0.25) is 0 Å². The SMILES string of the molecule is C=C(C)c1cccc(OCCCN)c1. The molecule has 2 heteroatoms. The molecule has 0 fully saturated rings. The number of rotatable bonds is 5. The van der Waals surface area contributed by atoms with Crippen LogP contribution in [0.2, 0.25) is 0 Å². The fourth-order valence-electron chi connectivity index (χ4n) is 1.12. The summed E-state index contributed by atoms with van der Waals surface area (Å²) in [7, 11) is 0. The molecule has 1 aromatic carbocycles. The highest BCUT2D eigenvalue weighted by molar-refractivity contribution is 5.62. The third-order valence-electron chi connectivity index (χ3n) is 1.94. The molecule has 0 spiro atoms. The van der Waals surface area contributed by atoms with Crippen molar-refractivity contribution < 1.29 is 4.74 Å². The van der Waals surface area contributed by atoms with Gasteiger partial charge in [0.15, 0.2) is 0 Å². The van der Waals surface area contributed by atoms with Crippen molar-refractivity contribution in [2.45, 2.75) is 13.3 Å². The van der Waals surface area contributed by atoms with E-state index in [0.717, 1.165) is 23.3 Å². The van der Waals surface area contributed by atoms with E-state index in [0.29, 0.717) is 13.2 Å². The van der Waals surface area contributed by atoms with Crippen molar-refractivity contribution in [1.82, 2.24) is 0 Å². The van der Waals surface area contributed by atoms with E-state index in [4.69, 9.17) is 10.5 Å². The Balaban J connectivity index is 2.59. The van der Waals surface area contributed by atoms with Gasteiger partial charge in [0, 0.05) is 0 Å². The van der Waals surface area contributed by atoms with Crippen LogP contribution in [0, 0.1) is 0 Å². The van der Waals surface area contributed by atoms with Crippen molar-refractivity contribution in [3.63, 3.8) is 0 Å². The lowest BCUT2D eigenvalue weighted by Crippen LogP contribution is -2.06. The Morgan fingerprint density at radius 1 is 1.50 bits per heavy atom. The quantitative estimate of drug-likeness (QED) is 0.725. The van der Waals surface area contributed by atoms with E-state index in [-0.39, 0.29) is 0 Å². The van der Waals surface area contributed by atoms with Gasteiger partial charge in [-0.05, 0) is 37.6 Å². The summed E-state index contributed by atoms with van der Waals surface area (Å²) in [6.07, 6.45) is 0.886. The van der Waals surface area contributed by atoms with Crippen molar-refractivity contribution in [3.8, 4) is 5.75 Å². The van der Waals surface area contributed by atoms with Crippen LogP contribution in [0.4, 0.5) is 0 Å². The fraction of sp³-hybridized carbons (Fsp3) is 0.333. The minimum atomic E-state index is 0.667. The van der Waals surface area contributed by atoms with Crippen molar-refractivity contribution in [3.05, 3.63) is 36.4 Å². The third kappa shape index (κ3) is 3.23. The van der Waals surface area contributed by atoms with Crippen LogP contribution in [0.25, 0.3) is 5.57 Å². The lowest BCUT2D eigenvalue weighted by Gasteiger charge is -2.06. The molecule has 1 rings (SSSR count). The molecule has 0 atom stereocenters. The molecule has 0 aliphatic rings. The Morgan fingerprint density at radius 3 is 2.93 bits per heavy atom. The second-order valence-corrected chi connectivity index (χ2v) is 3.30. The Bertz CT molecular complexity index is 307. The van der Waals surface area contributed by atoms with Gasteiger partial charge >= 0.3 is 0 Å². The zero-order valence-corrected chi connectivity index (χ0v) is 8.62. The molecule has 0 unspecified atom stereocenters. The van der Waals surface area contributed by atoms with Crippen molar-refractivity contribution in [1.29, 1.82) is 0 Å². The number of hydrogen-bond donors (Lipinski definition) is 1. The molecule has 0 saturated carbocycles. The van der Waals surface area contributed by atoms with Crippen LogP contribution in [-0.4, -0.2) is 13.2 Å². The second kappa shape index (κ2) is 5.45. The molecule has 0 aromatic heterocycles. The summed E-state index contributed by atoms with van der Waals surface area (Å²) in [6.45, 7) is 7.22. The van der Waals surface area contributed by atoms with Crippen molar-refractivity contribution in [2.75, 3.05) is 13.2 Å². The monoisotopic (exact) mass is 191 g/mol. The molecular weight excluding hydrogens is 174 g/mol. The van der Waals surface area contributed by atoms with Gasteiger partial charge in [0.2, 0.25) is 0 Å². The first-order valence-electron chi connectivity index (χ1n) is 4.83. The molecule has 0 saturated heterocycles. The van der Waals surface area contributed by atoms with E-state index in [1.54, 1.807) is 0 Å². The van der Waals surface area contributed by atoms with E-state index in [1.807, 2.05) is 31.2 Å². The Kier molecular flexibility index (Phi) is 4.20. The summed E-state index contributed by atoms with van der Waals surface area (Å²) in [5.41, 5.74) is 7.55. The van der Waals surface area contributed by atoms with Gasteiger partial charge in [0.1, 0.15) is 5.75 Å². The molecule has 0 heterocycles. The second-order valence-electron chi connectivity index (χ2n) is 3.30. The van der Waals surface area contributed by atoms with Crippen molar-refractivity contribution >= 4 is 5.57 Å². The van der Waals surface area contributed by atoms with Gasteiger partial charge in [-0.1, -0.05) is 24.3 Å². The highest BCUT2D eigenvalue weighted by Crippen LogP contribution is 2.18. The highest BCUT2D eigenvalue weighted by Gasteiger charge is 1.96. The maximum absolute atomic E-state index is 5.52. The van der Waals surface area contributed by atoms with Crippen LogP contribution in [0.15, 0.2) is 30.8 Å². The van der Waals surface area contributed by atoms with Gasteiger partial charge in [0.25, 0.3) is 0 Å². The molecule has 0 radical (unpaired) electrons. The smallest absolute Gasteiger partial charge is 0.119 e. The molecule has 2 nitrogen and oxygen atoms in total. The number of hydrogen-bond acceptors (Lipinski definition) is 2. The molecule has 76 valence electrons. The van der Waals surface area contributed by atoms with E-state index in [1.165, 1.54) is 0 Å². The Labute approximate surface area is 85.4 Å². The maximum Gasteiger partial charge on any atom is 0.119 e. The summed E-state index contributed by atoms with van der Waals surface area (Å²) in [4.78, 5) is 0. The summed E-state index contributed by atoms with van der Waals surface area (Å²) < 4.78 is 5.52. The number of benzene rings is 1. The minimum Gasteiger partial charge on any atom is -0.494 e. The Morgan fingerprint density at radius 2 is 2.29 bits per heavy atom. The average Bonchev–Trinajstić information content (AvgIpc) is 2.19. The molecule has 1 aromatic rings. The normalized spacial score (nSPS) is 9.86. The first kappa shape index (κ1) is 10.8. The van der Waals surface area contributed by atoms with Crippen LogP contribution in [0.3, 0.4) is 0 Å². The zero-order valence-electron chi connectivity index (χ0n) is 8.62. The molecule has 0 amide bonds. The van der Waals surface area contributed by atoms with Crippen molar-refractivity contribution in [2.24, 2.45) is 5.73 Å². The van der Waals surface area contributed by atoms with E-state index < -0.39 is 0 Å². The minimum absolute atomic E-state index is 0.667. The number of nitrogens with two attached hydrogens (primary N) is 1. The highest BCUT2D eigenvalue weighted by atomic mass is 16.5. The summed E-state index contributed by atoms with van der Waals surface area (Å²) in [5, 5.41) is 0. The topological polar surface area (TPSA) is 35.2 Å². The van der Waals surface area contributed by atoms with Gasteiger partial charge < -0.3 is 10.5 Å². The van der Waals surface area contributed by atoms with E-state index >= 15 is 0 Å². The largest absolute Gasteiger partial charge is 0.494 e. The number of ether oxygens (including phenoxy) is 1. The summed E-state index contributed by atoms with van der Waals surface area (Å²) in [6, 6.07) is 7.95. The predicted octanol–water partition coefficient (Wildman–Crippen LogP) is 2.45. The first-order chi connectivity index (χ1) is 6.74. The van der Waals surface area contributed by atoms with Crippen LogP contribution in [0.1, 0.15) is 18.9 Å². The van der Waals surface area contributed by atoms with Gasteiger partial charge in [-0.2, -0.15) is 0 Å². The van der Waals surface area contributed by atoms with E-state index in [9.17, 15) is 0 Å². The molecule has 14 heavy (non-hydrogen) atoms. The molecule has 0 bridgehead atoms.